The minimum atomic E-state index is 0.0469. The Hall–Kier alpha value is -1.64. The fourth-order valence-corrected chi connectivity index (χ4v) is 1.89. The number of hydrogen-bond donors (Lipinski definition) is 0. The van der Waals surface area contributed by atoms with Crippen molar-refractivity contribution in [3.63, 3.8) is 0 Å². The number of amides is 1. The van der Waals surface area contributed by atoms with Crippen LogP contribution in [-0.2, 0) is 0 Å². The van der Waals surface area contributed by atoms with Crippen LogP contribution in [0.15, 0.2) is 30.5 Å². The number of nitrogens with zero attached hydrogens (tertiary/aromatic N) is 2. The second-order valence-electron chi connectivity index (χ2n) is 4.21. The van der Waals surface area contributed by atoms with Gasteiger partial charge in [0.15, 0.2) is 0 Å². The van der Waals surface area contributed by atoms with Gasteiger partial charge in [0.2, 0.25) is 0 Å². The van der Waals surface area contributed by atoms with Crippen molar-refractivity contribution in [2.24, 2.45) is 0 Å². The van der Waals surface area contributed by atoms with E-state index in [4.69, 9.17) is 0 Å². The predicted molar refractivity (Wildman–Crippen MR) is 63.3 cm³/mol. The SMILES string of the molecule is C=C1CCN(C(=O)c2ncccc2C)CC1. The Morgan fingerprint density at radius 1 is 1.44 bits per heavy atom. The lowest BCUT2D eigenvalue weighted by atomic mass is 10.1. The Morgan fingerprint density at radius 3 is 2.75 bits per heavy atom. The van der Waals surface area contributed by atoms with Crippen molar-refractivity contribution in [2.45, 2.75) is 19.8 Å². The molecule has 2 rings (SSSR count). The summed E-state index contributed by atoms with van der Waals surface area (Å²) in [6.45, 7) is 7.41. The minimum Gasteiger partial charge on any atom is -0.337 e. The largest absolute Gasteiger partial charge is 0.337 e. The third-order valence-electron chi connectivity index (χ3n) is 2.97. The molecule has 0 spiro atoms. The van der Waals surface area contributed by atoms with E-state index < -0.39 is 0 Å². The van der Waals surface area contributed by atoms with Gasteiger partial charge in [-0.1, -0.05) is 18.2 Å². The molecule has 1 saturated heterocycles. The summed E-state index contributed by atoms with van der Waals surface area (Å²) < 4.78 is 0. The maximum absolute atomic E-state index is 12.2. The number of carbonyl (C=O) groups is 1. The van der Waals surface area contributed by atoms with E-state index in [1.54, 1.807) is 6.20 Å². The van der Waals surface area contributed by atoms with Gasteiger partial charge in [0.1, 0.15) is 5.69 Å². The summed E-state index contributed by atoms with van der Waals surface area (Å²) >= 11 is 0. The molecule has 0 aromatic carbocycles. The molecule has 2 heterocycles. The normalized spacial score (nSPS) is 16.3. The number of rotatable bonds is 1. The highest BCUT2D eigenvalue weighted by Gasteiger charge is 2.21. The van der Waals surface area contributed by atoms with Crippen molar-refractivity contribution in [3.05, 3.63) is 41.7 Å². The summed E-state index contributed by atoms with van der Waals surface area (Å²) in [5.41, 5.74) is 2.76. The molecule has 1 fully saturated rings. The fourth-order valence-electron chi connectivity index (χ4n) is 1.89. The molecule has 1 amide bonds. The number of piperidine rings is 1. The summed E-state index contributed by atoms with van der Waals surface area (Å²) in [4.78, 5) is 18.2. The van der Waals surface area contributed by atoms with Gasteiger partial charge in [-0.2, -0.15) is 0 Å². The van der Waals surface area contributed by atoms with Crippen LogP contribution < -0.4 is 0 Å². The van der Waals surface area contributed by atoms with Crippen LogP contribution in [0.25, 0.3) is 0 Å². The second-order valence-corrected chi connectivity index (χ2v) is 4.21. The Morgan fingerprint density at radius 2 is 2.12 bits per heavy atom. The molecule has 84 valence electrons. The van der Waals surface area contributed by atoms with Crippen molar-refractivity contribution in [2.75, 3.05) is 13.1 Å². The molecular formula is C13H16N2O. The first-order valence-corrected chi connectivity index (χ1v) is 5.56. The number of pyridine rings is 1. The lowest BCUT2D eigenvalue weighted by Crippen LogP contribution is -2.37. The van der Waals surface area contributed by atoms with E-state index in [1.807, 2.05) is 24.0 Å². The van der Waals surface area contributed by atoms with E-state index in [2.05, 4.69) is 11.6 Å². The van der Waals surface area contributed by atoms with Gasteiger partial charge in [-0.25, -0.2) is 0 Å². The van der Waals surface area contributed by atoms with Crippen molar-refractivity contribution in [1.29, 1.82) is 0 Å². The van der Waals surface area contributed by atoms with E-state index in [0.29, 0.717) is 5.69 Å². The highest BCUT2D eigenvalue weighted by molar-refractivity contribution is 5.93. The van der Waals surface area contributed by atoms with Gasteiger partial charge in [0.05, 0.1) is 0 Å². The zero-order valence-corrected chi connectivity index (χ0v) is 9.57. The number of aromatic nitrogens is 1. The molecule has 16 heavy (non-hydrogen) atoms. The number of carbonyl (C=O) groups excluding carboxylic acids is 1. The average molecular weight is 216 g/mol. The topological polar surface area (TPSA) is 33.2 Å². The molecule has 3 heteroatoms. The Kier molecular flexibility index (Phi) is 3.04. The van der Waals surface area contributed by atoms with Crippen LogP contribution in [0.1, 0.15) is 28.9 Å². The van der Waals surface area contributed by atoms with Gasteiger partial charge < -0.3 is 4.90 Å². The molecule has 0 saturated carbocycles. The Bertz CT molecular complexity index is 416. The number of hydrogen-bond acceptors (Lipinski definition) is 2. The molecule has 0 bridgehead atoms. The van der Waals surface area contributed by atoms with Crippen LogP contribution in [0.2, 0.25) is 0 Å². The minimum absolute atomic E-state index is 0.0469. The van der Waals surface area contributed by atoms with Crippen molar-refractivity contribution < 1.29 is 4.79 Å². The molecule has 1 aromatic rings. The first-order valence-electron chi connectivity index (χ1n) is 5.56. The Balaban J connectivity index is 2.14. The zero-order chi connectivity index (χ0) is 11.5. The molecule has 1 aliphatic rings. The second kappa shape index (κ2) is 4.47. The molecule has 1 aliphatic heterocycles. The smallest absolute Gasteiger partial charge is 0.272 e. The molecule has 0 N–H and O–H groups in total. The molecule has 0 aliphatic carbocycles. The van der Waals surface area contributed by atoms with Crippen molar-refractivity contribution in [3.8, 4) is 0 Å². The first kappa shape index (κ1) is 10.9. The van der Waals surface area contributed by atoms with Gasteiger partial charge in [-0.15, -0.1) is 0 Å². The van der Waals surface area contributed by atoms with Gasteiger partial charge in [-0.3, -0.25) is 9.78 Å². The van der Waals surface area contributed by atoms with Crippen LogP contribution in [-0.4, -0.2) is 28.9 Å². The monoisotopic (exact) mass is 216 g/mol. The third-order valence-corrected chi connectivity index (χ3v) is 2.97. The number of likely N-dealkylation sites (tertiary alicyclic amines) is 1. The van der Waals surface area contributed by atoms with Crippen molar-refractivity contribution in [1.82, 2.24) is 9.88 Å². The molecule has 3 nitrogen and oxygen atoms in total. The Labute approximate surface area is 95.8 Å². The van der Waals surface area contributed by atoms with E-state index in [0.717, 1.165) is 31.5 Å². The van der Waals surface area contributed by atoms with Crippen molar-refractivity contribution >= 4 is 5.91 Å². The van der Waals surface area contributed by atoms with Gasteiger partial charge in [0.25, 0.3) is 5.91 Å². The van der Waals surface area contributed by atoms with E-state index in [1.165, 1.54) is 5.57 Å². The summed E-state index contributed by atoms with van der Waals surface area (Å²) in [6.07, 6.45) is 3.50. The predicted octanol–water partition coefficient (Wildman–Crippen LogP) is 2.18. The van der Waals surface area contributed by atoms with E-state index in [-0.39, 0.29) is 5.91 Å². The number of aryl methyl sites for hydroxylation is 1. The van der Waals surface area contributed by atoms with E-state index in [9.17, 15) is 4.79 Å². The summed E-state index contributed by atoms with van der Waals surface area (Å²) in [7, 11) is 0. The summed E-state index contributed by atoms with van der Waals surface area (Å²) in [6, 6.07) is 3.77. The van der Waals surface area contributed by atoms with Crippen LogP contribution >= 0.6 is 0 Å². The lowest BCUT2D eigenvalue weighted by molar-refractivity contribution is 0.0737. The fraction of sp³-hybridized carbons (Fsp3) is 0.385. The summed E-state index contributed by atoms with van der Waals surface area (Å²) in [5.74, 6) is 0.0469. The van der Waals surface area contributed by atoms with E-state index >= 15 is 0 Å². The van der Waals surface area contributed by atoms with Gasteiger partial charge >= 0.3 is 0 Å². The third kappa shape index (κ3) is 2.13. The molecule has 0 atom stereocenters. The first-order chi connectivity index (χ1) is 7.68. The average Bonchev–Trinajstić information content (AvgIpc) is 2.30. The zero-order valence-electron chi connectivity index (χ0n) is 9.57. The summed E-state index contributed by atoms with van der Waals surface area (Å²) in [5, 5.41) is 0. The molecular weight excluding hydrogens is 200 g/mol. The van der Waals surface area contributed by atoms with Crippen LogP contribution in [0, 0.1) is 6.92 Å². The van der Waals surface area contributed by atoms with Gasteiger partial charge in [-0.05, 0) is 31.4 Å². The van der Waals surface area contributed by atoms with Gasteiger partial charge in [0, 0.05) is 19.3 Å². The van der Waals surface area contributed by atoms with Crippen LogP contribution in [0.5, 0.6) is 0 Å². The standard InChI is InChI=1S/C13H16N2O/c1-10-5-8-15(9-6-10)13(16)12-11(2)4-3-7-14-12/h3-4,7H,1,5-6,8-9H2,2H3. The highest BCUT2D eigenvalue weighted by atomic mass is 16.2. The van der Waals surface area contributed by atoms with Crippen LogP contribution in [0.3, 0.4) is 0 Å². The highest BCUT2D eigenvalue weighted by Crippen LogP contribution is 2.16. The van der Waals surface area contributed by atoms with Crippen LogP contribution in [0.4, 0.5) is 0 Å². The molecule has 1 aromatic heterocycles. The maximum atomic E-state index is 12.2. The lowest BCUT2D eigenvalue weighted by Gasteiger charge is -2.28. The maximum Gasteiger partial charge on any atom is 0.272 e. The quantitative estimate of drug-likeness (QED) is 0.674. The molecule has 0 unspecified atom stereocenters. The molecule has 0 radical (unpaired) electrons.